The van der Waals surface area contributed by atoms with Gasteiger partial charge in [0.05, 0.1) is 11.6 Å². The fourth-order valence-corrected chi connectivity index (χ4v) is 2.61. The Balaban J connectivity index is 2.05. The summed E-state index contributed by atoms with van der Waals surface area (Å²) in [5.41, 5.74) is 0.137. The lowest BCUT2D eigenvalue weighted by molar-refractivity contribution is 0.0690. The summed E-state index contributed by atoms with van der Waals surface area (Å²) in [4.78, 5) is 11.1. The fraction of sp³-hybridized carbons (Fsp3) is 0.500. The van der Waals surface area contributed by atoms with E-state index in [2.05, 4.69) is 0 Å². The van der Waals surface area contributed by atoms with Crippen LogP contribution in [0.5, 0.6) is 5.75 Å². The highest BCUT2D eigenvalue weighted by Gasteiger charge is 2.18. The molecule has 1 saturated carbocycles. The molecule has 1 N–H and O–H groups in total. The van der Waals surface area contributed by atoms with Crippen LogP contribution < -0.4 is 4.74 Å². The first-order valence-corrected chi connectivity index (χ1v) is 6.71. The average Bonchev–Trinajstić information content (AvgIpc) is 2.38. The highest BCUT2D eigenvalue weighted by Crippen LogP contribution is 2.31. The van der Waals surface area contributed by atoms with Crippen LogP contribution in [0.25, 0.3) is 0 Å². The van der Waals surface area contributed by atoms with Gasteiger partial charge in [0.1, 0.15) is 5.56 Å². The Morgan fingerprint density at radius 2 is 2.06 bits per heavy atom. The number of rotatable bonds is 4. The number of carbonyl (C=O) groups is 1. The van der Waals surface area contributed by atoms with Crippen molar-refractivity contribution in [3.05, 3.63) is 28.8 Å². The number of benzene rings is 1. The Morgan fingerprint density at radius 1 is 1.33 bits per heavy atom. The number of ether oxygens (including phenoxy) is 1. The topological polar surface area (TPSA) is 46.5 Å². The maximum absolute atomic E-state index is 11.1. The fourth-order valence-electron chi connectivity index (χ4n) is 2.38. The summed E-state index contributed by atoms with van der Waals surface area (Å²) in [6.45, 7) is 0.560. The van der Waals surface area contributed by atoms with E-state index in [0.717, 1.165) is 12.8 Å². The van der Waals surface area contributed by atoms with Gasteiger partial charge in [-0.2, -0.15) is 0 Å². The second-order valence-corrected chi connectivity index (χ2v) is 5.14. The molecule has 1 aromatic rings. The highest BCUT2D eigenvalue weighted by molar-refractivity contribution is 6.32. The van der Waals surface area contributed by atoms with Crippen LogP contribution in [0.15, 0.2) is 18.2 Å². The van der Waals surface area contributed by atoms with Gasteiger partial charge in [0, 0.05) is 0 Å². The van der Waals surface area contributed by atoms with Crippen molar-refractivity contribution in [3.63, 3.8) is 0 Å². The first-order chi connectivity index (χ1) is 8.68. The largest absolute Gasteiger partial charge is 0.491 e. The molecule has 0 heterocycles. The molecule has 0 saturated heterocycles. The van der Waals surface area contributed by atoms with Crippen LogP contribution in [0.4, 0.5) is 0 Å². The summed E-state index contributed by atoms with van der Waals surface area (Å²) in [5.74, 6) is -0.176. The van der Waals surface area contributed by atoms with Crippen LogP contribution in [0, 0.1) is 5.92 Å². The Morgan fingerprint density at radius 3 is 2.72 bits per heavy atom. The van der Waals surface area contributed by atoms with E-state index in [-0.39, 0.29) is 5.56 Å². The molecular weight excluding hydrogens is 252 g/mol. The van der Waals surface area contributed by atoms with E-state index in [1.165, 1.54) is 25.3 Å². The van der Waals surface area contributed by atoms with Crippen LogP contribution >= 0.6 is 11.6 Å². The van der Waals surface area contributed by atoms with E-state index in [1.807, 2.05) is 0 Å². The van der Waals surface area contributed by atoms with Crippen molar-refractivity contribution in [1.29, 1.82) is 0 Å². The number of halogens is 1. The third-order valence-electron chi connectivity index (χ3n) is 3.39. The molecule has 4 heteroatoms. The van der Waals surface area contributed by atoms with E-state index in [4.69, 9.17) is 21.4 Å². The van der Waals surface area contributed by atoms with Crippen LogP contribution in [-0.2, 0) is 0 Å². The van der Waals surface area contributed by atoms with Gasteiger partial charge >= 0.3 is 5.97 Å². The van der Waals surface area contributed by atoms with Gasteiger partial charge in [0.25, 0.3) is 0 Å². The van der Waals surface area contributed by atoms with Crippen LogP contribution in [0.2, 0.25) is 5.02 Å². The molecule has 0 radical (unpaired) electrons. The summed E-state index contributed by atoms with van der Waals surface area (Å²) >= 11 is 6.00. The molecule has 98 valence electrons. The Kier molecular flexibility index (Phi) is 4.48. The molecular formula is C14H17ClO3. The second kappa shape index (κ2) is 6.10. The lowest BCUT2D eigenvalue weighted by Crippen LogP contribution is -2.16. The van der Waals surface area contributed by atoms with Crippen molar-refractivity contribution in [2.24, 2.45) is 5.92 Å². The highest BCUT2D eigenvalue weighted by atomic mass is 35.5. The zero-order chi connectivity index (χ0) is 13.0. The maximum atomic E-state index is 11.1. The van der Waals surface area contributed by atoms with Crippen molar-refractivity contribution in [2.45, 2.75) is 32.1 Å². The SMILES string of the molecule is O=C(O)c1cccc(Cl)c1OCC1CCCCC1. The van der Waals surface area contributed by atoms with E-state index in [1.54, 1.807) is 12.1 Å². The number of carboxylic acid groups (broad SMARTS) is 1. The van der Waals surface area contributed by atoms with Gasteiger partial charge in [-0.25, -0.2) is 4.79 Å². The summed E-state index contributed by atoms with van der Waals surface area (Å²) in [5, 5.41) is 9.45. The van der Waals surface area contributed by atoms with E-state index in [0.29, 0.717) is 23.3 Å². The smallest absolute Gasteiger partial charge is 0.339 e. The Hall–Kier alpha value is -1.22. The minimum absolute atomic E-state index is 0.137. The van der Waals surface area contributed by atoms with Gasteiger partial charge in [-0.15, -0.1) is 0 Å². The lowest BCUT2D eigenvalue weighted by atomic mass is 9.90. The molecule has 0 amide bonds. The first-order valence-electron chi connectivity index (χ1n) is 6.33. The van der Waals surface area contributed by atoms with Gasteiger partial charge in [0.2, 0.25) is 0 Å². The minimum atomic E-state index is -1.00. The minimum Gasteiger partial charge on any atom is -0.491 e. The van der Waals surface area contributed by atoms with Gasteiger partial charge in [-0.3, -0.25) is 0 Å². The maximum Gasteiger partial charge on any atom is 0.339 e. The third-order valence-corrected chi connectivity index (χ3v) is 3.68. The number of carboxylic acids is 1. The van der Waals surface area contributed by atoms with Crippen molar-refractivity contribution in [2.75, 3.05) is 6.61 Å². The number of hydrogen-bond acceptors (Lipinski definition) is 2. The van der Waals surface area contributed by atoms with Gasteiger partial charge in [-0.05, 0) is 30.9 Å². The zero-order valence-corrected chi connectivity index (χ0v) is 10.9. The molecule has 2 rings (SSSR count). The molecule has 0 aliphatic heterocycles. The second-order valence-electron chi connectivity index (χ2n) is 4.74. The number of aromatic carboxylic acids is 1. The molecule has 0 unspecified atom stereocenters. The molecule has 1 aliphatic carbocycles. The van der Waals surface area contributed by atoms with Crippen LogP contribution in [0.3, 0.4) is 0 Å². The third kappa shape index (κ3) is 3.16. The predicted octanol–water partition coefficient (Wildman–Crippen LogP) is 4.00. The Bertz CT molecular complexity index is 425. The Labute approximate surface area is 112 Å². The van der Waals surface area contributed by atoms with Crippen molar-refractivity contribution < 1.29 is 14.6 Å². The summed E-state index contributed by atoms with van der Waals surface area (Å²) in [6, 6.07) is 4.80. The standard InChI is InChI=1S/C14H17ClO3/c15-12-8-4-7-11(14(16)17)13(12)18-9-10-5-2-1-3-6-10/h4,7-8,10H,1-3,5-6,9H2,(H,16,17). The van der Waals surface area contributed by atoms with Gasteiger partial charge < -0.3 is 9.84 Å². The molecule has 0 aromatic heterocycles. The molecule has 0 bridgehead atoms. The lowest BCUT2D eigenvalue weighted by Gasteiger charge is -2.22. The molecule has 0 atom stereocenters. The molecule has 18 heavy (non-hydrogen) atoms. The van der Waals surface area contributed by atoms with E-state index >= 15 is 0 Å². The molecule has 1 aliphatic rings. The van der Waals surface area contributed by atoms with Crippen molar-refractivity contribution >= 4 is 17.6 Å². The van der Waals surface area contributed by atoms with E-state index < -0.39 is 5.97 Å². The van der Waals surface area contributed by atoms with Crippen LogP contribution in [0.1, 0.15) is 42.5 Å². The quantitative estimate of drug-likeness (QED) is 0.898. The zero-order valence-electron chi connectivity index (χ0n) is 10.2. The van der Waals surface area contributed by atoms with Gasteiger partial charge in [0.15, 0.2) is 5.75 Å². The number of hydrogen-bond donors (Lipinski definition) is 1. The molecule has 3 nitrogen and oxygen atoms in total. The van der Waals surface area contributed by atoms with Gasteiger partial charge in [-0.1, -0.05) is 36.9 Å². The number of para-hydroxylation sites is 1. The summed E-state index contributed by atoms with van der Waals surface area (Å²) in [7, 11) is 0. The summed E-state index contributed by atoms with van der Waals surface area (Å²) < 4.78 is 5.66. The van der Waals surface area contributed by atoms with Crippen molar-refractivity contribution in [1.82, 2.24) is 0 Å². The normalized spacial score (nSPS) is 16.5. The molecule has 1 fully saturated rings. The molecule has 0 spiro atoms. The monoisotopic (exact) mass is 268 g/mol. The van der Waals surface area contributed by atoms with Crippen molar-refractivity contribution in [3.8, 4) is 5.75 Å². The first kappa shape index (κ1) is 13.2. The average molecular weight is 269 g/mol. The predicted molar refractivity (Wildman–Crippen MR) is 70.5 cm³/mol. The molecule has 1 aromatic carbocycles. The van der Waals surface area contributed by atoms with Crippen LogP contribution in [-0.4, -0.2) is 17.7 Å². The summed E-state index contributed by atoms with van der Waals surface area (Å²) in [6.07, 6.45) is 6.09. The van der Waals surface area contributed by atoms with E-state index in [9.17, 15) is 4.79 Å².